The third kappa shape index (κ3) is 2.83. The minimum Gasteiger partial charge on any atom is -0.486 e. The van der Waals surface area contributed by atoms with Gasteiger partial charge in [-0.25, -0.2) is 4.98 Å². The molecule has 0 aliphatic rings. The molecule has 0 fully saturated rings. The van der Waals surface area contributed by atoms with E-state index >= 15 is 0 Å². The number of thiazole rings is 1. The van der Waals surface area contributed by atoms with Gasteiger partial charge in [0.2, 0.25) is 0 Å². The van der Waals surface area contributed by atoms with Crippen molar-refractivity contribution in [3.63, 3.8) is 0 Å². The van der Waals surface area contributed by atoms with Gasteiger partial charge in [-0.3, -0.25) is 0 Å². The molecule has 3 nitrogen and oxygen atoms in total. The van der Waals surface area contributed by atoms with Crippen molar-refractivity contribution in [1.82, 2.24) is 4.98 Å². The highest BCUT2D eigenvalue weighted by atomic mass is 32.1. The average molecular weight is 244 g/mol. The lowest BCUT2D eigenvalue weighted by molar-refractivity contribution is 0.305. The van der Waals surface area contributed by atoms with Crippen molar-refractivity contribution < 1.29 is 4.74 Å². The van der Waals surface area contributed by atoms with Crippen LogP contribution in [-0.4, -0.2) is 4.98 Å². The van der Waals surface area contributed by atoms with Crippen LogP contribution in [0.4, 0.5) is 0 Å². The van der Waals surface area contributed by atoms with Crippen molar-refractivity contribution >= 4 is 11.3 Å². The van der Waals surface area contributed by atoms with Gasteiger partial charge in [-0.2, -0.15) is 5.26 Å². The lowest BCUT2D eigenvalue weighted by Gasteiger charge is -2.02. The number of aromatic nitrogens is 1. The highest BCUT2D eigenvalue weighted by Gasteiger charge is 2.09. The standard InChI is InChI=1S/C13H12N2OS/c1-2-11-12(8-14)17-13(15-11)9-16-10-6-4-3-5-7-10/h3-7H,2,9H2,1H3. The van der Waals surface area contributed by atoms with Gasteiger partial charge >= 0.3 is 0 Å². The zero-order valence-corrected chi connectivity index (χ0v) is 10.3. The Labute approximate surface area is 104 Å². The summed E-state index contributed by atoms with van der Waals surface area (Å²) < 4.78 is 5.59. The van der Waals surface area contributed by atoms with Gasteiger partial charge in [0, 0.05) is 0 Å². The van der Waals surface area contributed by atoms with Crippen LogP contribution in [0.1, 0.15) is 22.5 Å². The fourth-order valence-corrected chi connectivity index (χ4v) is 2.31. The van der Waals surface area contributed by atoms with E-state index in [0.29, 0.717) is 11.5 Å². The smallest absolute Gasteiger partial charge is 0.140 e. The molecular weight excluding hydrogens is 232 g/mol. The van der Waals surface area contributed by atoms with Gasteiger partial charge < -0.3 is 4.74 Å². The van der Waals surface area contributed by atoms with Crippen LogP contribution in [0, 0.1) is 11.3 Å². The molecule has 86 valence electrons. The number of benzene rings is 1. The highest BCUT2D eigenvalue weighted by molar-refractivity contribution is 7.12. The monoisotopic (exact) mass is 244 g/mol. The van der Waals surface area contributed by atoms with Gasteiger partial charge in [0.1, 0.15) is 28.3 Å². The largest absolute Gasteiger partial charge is 0.486 e. The summed E-state index contributed by atoms with van der Waals surface area (Å²) in [5, 5.41) is 9.78. The first-order valence-corrected chi connectivity index (χ1v) is 6.21. The molecule has 0 N–H and O–H groups in total. The predicted octanol–water partition coefficient (Wildman–Crippen LogP) is 3.16. The van der Waals surface area contributed by atoms with Crippen LogP contribution in [0.5, 0.6) is 5.75 Å². The van der Waals surface area contributed by atoms with Crippen LogP contribution in [0.25, 0.3) is 0 Å². The zero-order chi connectivity index (χ0) is 12.1. The fourth-order valence-electron chi connectivity index (χ4n) is 1.45. The molecule has 0 aliphatic carbocycles. The Bertz CT molecular complexity index is 528. The Morgan fingerprint density at radius 1 is 1.35 bits per heavy atom. The number of hydrogen-bond donors (Lipinski definition) is 0. The summed E-state index contributed by atoms with van der Waals surface area (Å²) in [6.45, 7) is 2.42. The van der Waals surface area contributed by atoms with Gasteiger partial charge in [0.25, 0.3) is 0 Å². The van der Waals surface area contributed by atoms with Crippen LogP contribution in [0.15, 0.2) is 30.3 Å². The van der Waals surface area contributed by atoms with Crippen molar-refractivity contribution in [2.24, 2.45) is 0 Å². The number of rotatable bonds is 4. The Balaban J connectivity index is 2.05. The van der Waals surface area contributed by atoms with Crippen LogP contribution in [0.3, 0.4) is 0 Å². The van der Waals surface area contributed by atoms with Gasteiger partial charge in [-0.05, 0) is 18.6 Å². The summed E-state index contributed by atoms with van der Waals surface area (Å²) in [4.78, 5) is 5.08. The molecule has 0 bridgehead atoms. The topological polar surface area (TPSA) is 45.9 Å². The second-order valence-corrected chi connectivity index (χ2v) is 4.53. The highest BCUT2D eigenvalue weighted by Crippen LogP contribution is 2.20. The summed E-state index contributed by atoms with van der Waals surface area (Å²) >= 11 is 1.41. The molecule has 1 heterocycles. The number of ether oxygens (including phenoxy) is 1. The Morgan fingerprint density at radius 3 is 2.71 bits per heavy atom. The van der Waals surface area contributed by atoms with Crippen molar-refractivity contribution in [3.05, 3.63) is 45.9 Å². The van der Waals surface area contributed by atoms with Gasteiger partial charge in [-0.15, -0.1) is 11.3 Å². The van der Waals surface area contributed by atoms with Crippen molar-refractivity contribution in [2.45, 2.75) is 20.0 Å². The number of nitrogens with zero attached hydrogens (tertiary/aromatic N) is 2. The lowest BCUT2D eigenvalue weighted by Crippen LogP contribution is -1.94. The Hall–Kier alpha value is -1.86. The summed E-state index contributed by atoms with van der Waals surface area (Å²) in [5.41, 5.74) is 0.865. The fraction of sp³-hybridized carbons (Fsp3) is 0.231. The van der Waals surface area contributed by atoms with Crippen LogP contribution in [0.2, 0.25) is 0 Å². The molecule has 0 unspecified atom stereocenters. The average Bonchev–Trinajstić information content (AvgIpc) is 2.80. The maximum Gasteiger partial charge on any atom is 0.140 e. The second-order valence-electron chi connectivity index (χ2n) is 3.45. The molecule has 0 atom stereocenters. The van der Waals surface area contributed by atoms with Crippen LogP contribution < -0.4 is 4.74 Å². The summed E-state index contributed by atoms with van der Waals surface area (Å²) in [6.07, 6.45) is 0.782. The van der Waals surface area contributed by atoms with Crippen LogP contribution in [-0.2, 0) is 13.0 Å². The normalized spacial score (nSPS) is 9.88. The van der Waals surface area contributed by atoms with Crippen LogP contribution >= 0.6 is 11.3 Å². The number of hydrogen-bond acceptors (Lipinski definition) is 4. The molecule has 4 heteroatoms. The third-order valence-corrected chi connectivity index (χ3v) is 3.26. The first-order valence-electron chi connectivity index (χ1n) is 5.40. The maximum atomic E-state index is 8.93. The molecular formula is C13H12N2OS. The molecule has 0 saturated heterocycles. The minimum atomic E-state index is 0.420. The summed E-state index contributed by atoms with van der Waals surface area (Å²) in [7, 11) is 0. The molecule has 0 spiro atoms. The molecule has 17 heavy (non-hydrogen) atoms. The second kappa shape index (κ2) is 5.46. The number of para-hydroxylation sites is 1. The third-order valence-electron chi connectivity index (χ3n) is 2.28. The van der Waals surface area contributed by atoms with Crippen molar-refractivity contribution in [1.29, 1.82) is 5.26 Å². The van der Waals surface area contributed by atoms with Gasteiger partial charge in [-0.1, -0.05) is 25.1 Å². The van der Waals surface area contributed by atoms with E-state index in [9.17, 15) is 0 Å². The number of nitriles is 1. The molecule has 2 aromatic rings. The van der Waals surface area contributed by atoms with E-state index in [1.54, 1.807) is 0 Å². The summed E-state index contributed by atoms with van der Waals surface area (Å²) in [5.74, 6) is 0.819. The van der Waals surface area contributed by atoms with E-state index in [2.05, 4.69) is 11.1 Å². The van der Waals surface area contributed by atoms with E-state index in [0.717, 1.165) is 22.9 Å². The molecule has 0 amide bonds. The van der Waals surface area contributed by atoms with Gasteiger partial charge in [0.15, 0.2) is 0 Å². The van der Waals surface area contributed by atoms with Gasteiger partial charge in [0.05, 0.1) is 5.69 Å². The first kappa shape index (κ1) is 11.6. The molecule has 1 aromatic heterocycles. The van der Waals surface area contributed by atoms with Crippen molar-refractivity contribution in [3.8, 4) is 11.8 Å². The molecule has 0 radical (unpaired) electrons. The Kier molecular flexibility index (Phi) is 3.73. The molecule has 0 aliphatic heterocycles. The van der Waals surface area contributed by atoms with Crippen molar-refractivity contribution in [2.75, 3.05) is 0 Å². The minimum absolute atomic E-state index is 0.420. The maximum absolute atomic E-state index is 8.93. The van der Waals surface area contributed by atoms with E-state index in [4.69, 9.17) is 10.00 Å². The quantitative estimate of drug-likeness (QED) is 0.830. The molecule has 1 aromatic carbocycles. The lowest BCUT2D eigenvalue weighted by atomic mass is 10.3. The zero-order valence-electron chi connectivity index (χ0n) is 9.51. The van der Waals surface area contributed by atoms with E-state index < -0.39 is 0 Å². The molecule has 0 saturated carbocycles. The number of aryl methyl sites for hydroxylation is 1. The van der Waals surface area contributed by atoms with E-state index in [-0.39, 0.29) is 0 Å². The first-order chi connectivity index (χ1) is 8.33. The van der Waals surface area contributed by atoms with E-state index in [1.807, 2.05) is 37.3 Å². The Morgan fingerprint density at radius 2 is 2.12 bits per heavy atom. The SMILES string of the molecule is CCc1nc(COc2ccccc2)sc1C#N. The van der Waals surface area contributed by atoms with E-state index in [1.165, 1.54) is 11.3 Å². The summed E-state index contributed by atoms with van der Waals surface area (Å²) in [6, 6.07) is 11.8. The molecule has 2 rings (SSSR count). The predicted molar refractivity (Wildman–Crippen MR) is 67.0 cm³/mol.